The van der Waals surface area contributed by atoms with Gasteiger partial charge in [-0.15, -0.1) is 0 Å². The molecule has 1 fully saturated rings. The van der Waals surface area contributed by atoms with Crippen molar-refractivity contribution in [3.63, 3.8) is 0 Å². The first-order valence-electron chi connectivity index (χ1n) is 37.0. The zero-order valence-corrected chi connectivity index (χ0v) is 56.1. The highest BCUT2D eigenvalue weighted by Gasteiger charge is 2.44. The van der Waals surface area contributed by atoms with E-state index in [1.165, 1.54) is 263 Å². The number of unbranched alkanes of at least 4 members (excludes halogenated alkanes) is 45. The summed E-state index contributed by atoms with van der Waals surface area (Å²) in [6, 6.07) is -1.19. The average molecular weight is 1220 g/mol. The number of ether oxygens (including phenoxy) is 2. The largest absolute Gasteiger partial charge is 0.394 e. The third-order valence-corrected chi connectivity index (χ3v) is 17.8. The van der Waals surface area contributed by atoms with E-state index < -0.39 is 74.2 Å². The number of hydrogen-bond acceptors (Lipinski definition) is 10. The number of rotatable bonds is 65. The topological polar surface area (TPSA) is 189 Å². The first-order valence-corrected chi connectivity index (χ1v) is 37.0. The number of carbonyl (C=O) groups is 1. The molecular formula is C75H141NO10. The normalized spacial score (nSPS) is 19.0. The van der Waals surface area contributed by atoms with Crippen molar-refractivity contribution in [1.82, 2.24) is 5.32 Å². The fourth-order valence-electron chi connectivity index (χ4n) is 11.9. The number of aliphatic hydroxyl groups is 7. The molecule has 1 saturated heterocycles. The summed E-state index contributed by atoms with van der Waals surface area (Å²) in [4.78, 5) is 13.3. The SMILES string of the molecule is CCCCCCCCCCC/C=C\C/C=C\CCCCCCCCCCCCCCCCC(O)C(=O)NC(COC1OC(CO)C(O)C(O)C1O)C(O)C(O)CCC/C=C/CC/C=C/CCCCCCCCCCCCCCCCCCCCCC. The van der Waals surface area contributed by atoms with Gasteiger partial charge in [0, 0.05) is 0 Å². The minimum atomic E-state index is -1.67. The summed E-state index contributed by atoms with van der Waals surface area (Å²) < 4.78 is 11.2. The molecule has 0 bridgehead atoms. The second kappa shape index (κ2) is 63.2. The van der Waals surface area contributed by atoms with Gasteiger partial charge in [0.05, 0.1) is 25.4 Å². The zero-order chi connectivity index (χ0) is 62.4. The lowest BCUT2D eigenvalue weighted by molar-refractivity contribution is -0.303. The highest BCUT2D eigenvalue weighted by molar-refractivity contribution is 5.80. The molecule has 0 aliphatic carbocycles. The second-order valence-corrected chi connectivity index (χ2v) is 26.0. The third-order valence-electron chi connectivity index (χ3n) is 17.8. The van der Waals surface area contributed by atoms with Crippen LogP contribution in [0.2, 0.25) is 0 Å². The molecule has 0 spiro atoms. The van der Waals surface area contributed by atoms with Crippen LogP contribution in [-0.4, -0.2) is 110 Å². The summed E-state index contributed by atoms with van der Waals surface area (Å²) in [5.41, 5.74) is 0. The molecule has 1 rings (SSSR count). The lowest BCUT2D eigenvalue weighted by Crippen LogP contribution is -2.60. The van der Waals surface area contributed by atoms with Crippen molar-refractivity contribution in [1.29, 1.82) is 0 Å². The van der Waals surface area contributed by atoms with E-state index in [0.29, 0.717) is 19.3 Å². The lowest BCUT2D eigenvalue weighted by atomic mass is 9.98. The fraction of sp³-hybridized carbons (Fsp3) is 0.880. The predicted octanol–water partition coefficient (Wildman–Crippen LogP) is 18.3. The van der Waals surface area contributed by atoms with E-state index in [-0.39, 0.29) is 12.8 Å². The number of nitrogens with one attached hydrogen (secondary N) is 1. The van der Waals surface area contributed by atoms with E-state index in [9.17, 15) is 40.5 Å². The highest BCUT2D eigenvalue weighted by atomic mass is 16.7. The molecule has 8 N–H and O–H groups in total. The molecule has 1 amide bonds. The van der Waals surface area contributed by atoms with E-state index in [4.69, 9.17) is 9.47 Å². The number of amides is 1. The van der Waals surface area contributed by atoms with Gasteiger partial charge in [-0.2, -0.15) is 0 Å². The first kappa shape index (κ1) is 82.1. The predicted molar refractivity (Wildman–Crippen MR) is 362 cm³/mol. The Labute approximate surface area is 529 Å². The summed E-state index contributed by atoms with van der Waals surface area (Å²) in [5, 5.41) is 76.6. The van der Waals surface area contributed by atoms with Crippen molar-refractivity contribution in [3.8, 4) is 0 Å². The summed E-state index contributed by atoms with van der Waals surface area (Å²) in [7, 11) is 0. The maximum absolute atomic E-state index is 13.3. The summed E-state index contributed by atoms with van der Waals surface area (Å²) in [5.74, 6) is -0.707. The monoisotopic (exact) mass is 1220 g/mol. The third kappa shape index (κ3) is 49.8. The number of allylic oxidation sites excluding steroid dienone is 8. The Bertz CT molecular complexity index is 1540. The molecule has 9 unspecified atom stereocenters. The van der Waals surface area contributed by atoms with E-state index in [0.717, 1.165) is 44.9 Å². The van der Waals surface area contributed by atoms with Crippen LogP contribution in [0.15, 0.2) is 48.6 Å². The Hall–Kier alpha value is -1.93. The molecule has 1 heterocycles. The number of aliphatic hydroxyl groups excluding tert-OH is 7. The zero-order valence-electron chi connectivity index (χ0n) is 56.1. The molecule has 0 aromatic heterocycles. The van der Waals surface area contributed by atoms with Crippen molar-refractivity contribution in [2.24, 2.45) is 0 Å². The van der Waals surface area contributed by atoms with Gasteiger partial charge in [-0.3, -0.25) is 4.79 Å². The van der Waals surface area contributed by atoms with Gasteiger partial charge in [0.25, 0.3) is 0 Å². The van der Waals surface area contributed by atoms with Gasteiger partial charge in [-0.05, 0) is 83.5 Å². The van der Waals surface area contributed by atoms with Gasteiger partial charge in [-0.1, -0.05) is 319 Å². The van der Waals surface area contributed by atoms with Gasteiger partial charge in [0.2, 0.25) is 5.91 Å². The molecule has 86 heavy (non-hydrogen) atoms. The van der Waals surface area contributed by atoms with Crippen LogP contribution in [0.25, 0.3) is 0 Å². The van der Waals surface area contributed by atoms with Gasteiger partial charge in [-0.25, -0.2) is 0 Å². The molecule has 0 aromatic carbocycles. The highest BCUT2D eigenvalue weighted by Crippen LogP contribution is 2.24. The van der Waals surface area contributed by atoms with Crippen molar-refractivity contribution < 1.29 is 50.0 Å². The quantitative estimate of drug-likeness (QED) is 0.0215. The van der Waals surface area contributed by atoms with Crippen LogP contribution in [0, 0.1) is 0 Å². The Morgan fingerprint density at radius 2 is 0.733 bits per heavy atom. The van der Waals surface area contributed by atoms with Crippen LogP contribution < -0.4 is 5.32 Å². The van der Waals surface area contributed by atoms with Gasteiger partial charge >= 0.3 is 0 Å². The molecule has 0 aromatic rings. The molecular weight excluding hydrogens is 1070 g/mol. The van der Waals surface area contributed by atoms with E-state index in [1.54, 1.807) is 0 Å². The molecule has 1 aliphatic heterocycles. The molecule has 0 radical (unpaired) electrons. The van der Waals surface area contributed by atoms with Gasteiger partial charge in [0.15, 0.2) is 6.29 Å². The fourth-order valence-corrected chi connectivity index (χ4v) is 11.9. The molecule has 506 valence electrons. The minimum Gasteiger partial charge on any atom is -0.394 e. The van der Waals surface area contributed by atoms with Crippen LogP contribution >= 0.6 is 0 Å². The second-order valence-electron chi connectivity index (χ2n) is 26.0. The van der Waals surface area contributed by atoms with Crippen molar-refractivity contribution >= 4 is 5.91 Å². The van der Waals surface area contributed by atoms with Crippen LogP contribution in [0.1, 0.15) is 354 Å². The smallest absolute Gasteiger partial charge is 0.249 e. The van der Waals surface area contributed by atoms with E-state index >= 15 is 0 Å². The Kier molecular flexibility index (Phi) is 60.3. The van der Waals surface area contributed by atoms with Crippen molar-refractivity contribution in [2.45, 2.75) is 409 Å². The number of hydrogen-bond donors (Lipinski definition) is 8. The van der Waals surface area contributed by atoms with Crippen LogP contribution in [0.5, 0.6) is 0 Å². The maximum Gasteiger partial charge on any atom is 0.249 e. The Morgan fingerprint density at radius 3 is 1.10 bits per heavy atom. The minimum absolute atomic E-state index is 0.247. The van der Waals surface area contributed by atoms with Crippen LogP contribution in [0.3, 0.4) is 0 Å². The molecule has 1 aliphatic rings. The van der Waals surface area contributed by atoms with Crippen molar-refractivity contribution in [2.75, 3.05) is 13.2 Å². The van der Waals surface area contributed by atoms with Crippen LogP contribution in [0.4, 0.5) is 0 Å². The number of carbonyl (C=O) groups excluding carboxylic acids is 1. The maximum atomic E-state index is 13.3. The van der Waals surface area contributed by atoms with Crippen molar-refractivity contribution in [3.05, 3.63) is 48.6 Å². The summed E-state index contributed by atoms with van der Waals surface area (Å²) in [6.45, 7) is 3.49. The molecule has 9 atom stereocenters. The summed E-state index contributed by atoms with van der Waals surface area (Å²) >= 11 is 0. The first-order chi connectivity index (χ1) is 42.2. The molecule has 0 saturated carbocycles. The lowest BCUT2D eigenvalue weighted by Gasteiger charge is -2.40. The van der Waals surface area contributed by atoms with E-state index in [1.807, 2.05) is 0 Å². The van der Waals surface area contributed by atoms with Gasteiger partial charge in [0.1, 0.15) is 36.6 Å². The van der Waals surface area contributed by atoms with Gasteiger partial charge < -0.3 is 50.5 Å². The van der Waals surface area contributed by atoms with Crippen LogP contribution in [-0.2, 0) is 14.3 Å². The summed E-state index contributed by atoms with van der Waals surface area (Å²) in [6.07, 6.45) is 72.1. The van der Waals surface area contributed by atoms with E-state index in [2.05, 4.69) is 67.8 Å². The molecule has 11 nitrogen and oxygen atoms in total. The Morgan fingerprint density at radius 1 is 0.407 bits per heavy atom. The standard InChI is InChI=1S/C75H141NO10/c1-3-5-7-9-11-13-15-17-19-21-23-25-27-29-31-33-35-37-39-41-43-45-47-49-51-53-55-57-59-61-63-68(79)74(84)76-66(65-85-75-73(83)72(82)71(81)69(64-77)86-75)70(80)67(78)62-60-58-56-54-52-50-48-46-44-42-40-38-36-34-32-30-28-26-24-22-20-18-16-14-12-10-8-6-4-2/h23,25,29,31,46,48,54,56,66-73,75,77-83H,3-22,24,26-28,30,32-45,47,49-53,55,57-65H2,1-2H3,(H,76,84)/b25-23-,31-29-,48-46+,56-54+. The Balaban J connectivity index is 2.21. The average Bonchev–Trinajstić information content (AvgIpc) is 3.00. The molecule has 11 heteroatoms.